The molecule has 13 heteroatoms. The minimum atomic E-state index is -4.42. The highest BCUT2D eigenvalue weighted by atomic mass is 19.4. The van der Waals surface area contributed by atoms with Gasteiger partial charge in [-0.2, -0.15) is 18.3 Å². The summed E-state index contributed by atoms with van der Waals surface area (Å²) in [7, 11) is 0. The zero-order chi connectivity index (χ0) is 21.7. The molecule has 2 aromatic rings. The standard InChI is InChI=1S/C17H18F3N7O3/c18-17(19,20)11-3-1-2-4-12(11)26-5-7-27(8-6-26)14-9-13(30-24-14)16(21)23-25-22-10-15(28)29/h1-4,9H,5-8,10H2,(H,28,29)(H2,21,22,23). The fraction of sp³-hybridized carbons (Fsp3) is 0.353. The van der Waals surface area contributed by atoms with Gasteiger partial charge in [-0.05, 0) is 17.4 Å². The van der Waals surface area contributed by atoms with E-state index in [2.05, 4.69) is 20.6 Å². The molecule has 0 atom stereocenters. The Balaban J connectivity index is 1.64. The molecule has 10 nitrogen and oxygen atoms in total. The second kappa shape index (κ2) is 8.80. The zero-order valence-electron chi connectivity index (χ0n) is 15.6. The summed E-state index contributed by atoms with van der Waals surface area (Å²) >= 11 is 0. The Kier molecular flexibility index (Phi) is 6.18. The first-order valence-electron chi connectivity index (χ1n) is 8.80. The first kappa shape index (κ1) is 21.1. The fourth-order valence-corrected chi connectivity index (χ4v) is 2.92. The molecular weight excluding hydrogens is 407 g/mol. The molecule has 0 spiro atoms. The van der Waals surface area contributed by atoms with E-state index in [1.807, 2.05) is 4.90 Å². The highest BCUT2D eigenvalue weighted by molar-refractivity contribution is 5.95. The molecule has 1 aliphatic heterocycles. The number of carboxylic acid groups (broad SMARTS) is 1. The molecule has 160 valence electrons. The maximum atomic E-state index is 13.2. The number of carbonyl (C=O) groups is 1. The number of rotatable bonds is 6. The number of amidine groups is 1. The van der Waals surface area contributed by atoms with Crippen LogP contribution in [0.3, 0.4) is 0 Å². The molecule has 30 heavy (non-hydrogen) atoms. The van der Waals surface area contributed by atoms with Gasteiger partial charge in [0.1, 0.15) is 0 Å². The molecule has 1 aromatic carbocycles. The van der Waals surface area contributed by atoms with Crippen LogP contribution in [-0.4, -0.2) is 54.8 Å². The average Bonchev–Trinajstić information content (AvgIpc) is 3.21. The third-order valence-corrected chi connectivity index (χ3v) is 4.33. The second-order valence-corrected chi connectivity index (χ2v) is 6.31. The number of nitrogens with zero attached hydrogens (tertiary/aromatic N) is 6. The van der Waals surface area contributed by atoms with E-state index in [-0.39, 0.29) is 17.3 Å². The number of nitrogens with two attached hydrogens (primary N) is 1. The van der Waals surface area contributed by atoms with Crippen molar-refractivity contribution in [2.24, 2.45) is 21.2 Å². The van der Waals surface area contributed by atoms with Gasteiger partial charge in [-0.3, -0.25) is 4.79 Å². The van der Waals surface area contributed by atoms with Gasteiger partial charge in [0.15, 0.2) is 18.2 Å². The van der Waals surface area contributed by atoms with Gasteiger partial charge >= 0.3 is 12.1 Å². The van der Waals surface area contributed by atoms with E-state index in [4.69, 9.17) is 15.4 Å². The van der Waals surface area contributed by atoms with Crippen molar-refractivity contribution in [3.8, 4) is 0 Å². The Morgan fingerprint density at radius 2 is 1.87 bits per heavy atom. The van der Waals surface area contributed by atoms with Gasteiger partial charge in [0.05, 0.1) is 5.56 Å². The maximum Gasteiger partial charge on any atom is 0.418 e. The van der Waals surface area contributed by atoms with Crippen molar-refractivity contribution in [2.75, 3.05) is 42.5 Å². The topological polar surface area (TPSA) is 133 Å². The molecule has 3 rings (SSSR count). The van der Waals surface area contributed by atoms with Gasteiger partial charge in [-0.25, -0.2) is 0 Å². The Bertz CT molecular complexity index is 950. The van der Waals surface area contributed by atoms with Crippen LogP contribution in [0.5, 0.6) is 0 Å². The molecule has 0 amide bonds. The largest absolute Gasteiger partial charge is 0.480 e. The number of hydrogen-bond donors (Lipinski definition) is 2. The van der Waals surface area contributed by atoms with Crippen molar-refractivity contribution in [2.45, 2.75) is 6.18 Å². The van der Waals surface area contributed by atoms with Gasteiger partial charge in [0.2, 0.25) is 5.76 Å². The predicted octanol–water partition coefficient (Wildman–Crippen LogP) is 2.18. The van der Waals surface area contributed by atoms with E-state index in [0.29, 0.717) is 32.0 Å². The Labute approximate surface area is 168 Å². The lowest BCUT2D eigenvalue weighted by molar-refractivity contribution is -0.137. The number of para-hydroxylation sites is 1. The number of anilines is 2. The Hall–Kier alpha value is -3.64. The number of carboxylic acids is 1. The summed E-state index contributed by atoms with van der Waals surface area (Å²) in [6, 6.07) is 7.00. The van der Waals surface area contributed by atoms with Crippen LogP contribution in [0.15, 0.2) is 50.3 Å². The summed E-state index contributed by atoms with van der Waals surface area (Å²) in [5.41, 5.74) is 5.18. The molecule has 3 N–H and O–H groups in total. The molecular formula is C17H18F3N7O3. The van der Waals surface area contributed by atoms with Crippen molar-refractivity contribution in [1.82, 2.24) is 5.16 Å². The van der Waals surface area contributed by atoms with Crippen molar-refractivity contribution >= 4 is 23.3 Å². The minimum absolute atomic E-state index is 0.115. The van der Waals surface area contributed by atoms with Crippen molar-refractivity contribution in [3.05, 3.63) is 41.7 Å². The van der Waals surface area contributed by atoms with E-state index >= 15 is 0 Å². The number of aromatic nitrogens is 1. The van der Waals surface area contributed by atoms with Crippen LogP contribution in [0.1, 0.15) is 11.3 Å². The lowest BCUT2D eigenvalue weighted by atomic mass is 10.1. The summed E-state index contributed by atoms with van der Waals surface area (Å²) in [6.45, 7) is 1.03. The third-order valence-electron chi connectivity index (χ3n) is 4.33. The molecule has 0 bridgehead atoms. The van der Waals surface area contributed by atoms with Crippen molar-refractivity contribution in [1.29, 1.82) is 0 Å². The van der Waals surface area contributed by atoms with Gasteiger partial charge < -0.3 is 25.2 Å². The SMILES string of the molecule is N/C(=N\N=NCC(=O)O)c1cc(N2CCN(c3ccccc3C(F)(F)F)CC2)no1. The number of alkyl halides is 3. The van der Waals surface area contributed by atoms with Crippen LogP contribution in [0, 0.1) is 0 Å². The Morgan fingerprint density at radius 1 is 1.20 bits per heavy atom. The minimum Gasteiger partial charge on any atom is -0.480 e. The summed E-state index contributed by atoms with van der Waals surface area (Å²) in [6.07, 6.45) is -4.42. The van der Waals surface area contributed by atoms with Crippen LogP contribution >= 0.6 is 0 Å². The maximum absolute atomic E-state index is 13.2. The summed E-state index contributed by atoms with van der Waals surface area (Å²) in [4.78, 5) is 13.9. The van der Waals surface area contributed by atoms with Crippen LogP contribution < -0.4 is 15.5 Å². The quantitative estimate of drug-likeness (QED) is 0.314. The average molecular weight is 425 g/mol. The number of aliphatic carboxylic acids is 1. The number of benzene rings is 1. The summed E-state index contributed by atoms with van der Waals surface area (Å²) < 4.78 is 44.8. The van der Waals surface area contributed by atoms with Crippen LogP contribution in [-0.2, 0) is 11.0 Å². The monoisotopic (exact) mass is 425 g/mol. The van der Waals surface area contributed by atoms with E-state index in [1.54, 1.807) is 11.0 Å². The van der Waals surface area contributed by atoms with Crippen LogP contribution in [0.25, 0.3) is 0 Å². The fourth-order valence-electron chi connectivity index (χ4n) is 2.92. The van der Waals surface area contributed by atoms with Crippen LogP contribution in [0.4, 0.5) is 24.7 Å². The zero-order valence-corrected chi connectivity index (χ0v) is 15.6. The first-order valence-corrected chi connectivity index (χ1v) is 8.80. The second-order valence-electron chi connectivity index (χ2n) is 6.31. The summed E-state index contributed by atoms with van der Waals surface area (Å²) in [5.74, 6) is -0.731. The van der Waals surface area contributed by atoms with E-state index in [9.17, 15) is 18.0 Å². The molecule has 0 radical (unpaired) electrons. The van der Waals surface area contributed by atoms with E-state index < -0.39 is 24.3 Å². The molecule has 1 aliphatic rings. The van der Waals surface area contributed by atoms with Crippen LogP contribution in [0.2, 0.25) is 0 Å². The van der Waals surface area contributed by atoms with E-state index in [0.717, 1.165) is 6.07 Å². The van der Waals surface area contributed by atoms with Gasteiger partial charge in [0, 0.05) is 37.9 Å². The molecule has 0 aliphatic carbocycles. The highest BCUT2D eigenvalue weighted by Gasteiger charge is 2.35. The lowest BCUT2D eigenvalue weighted by Gasteiger charge is -2.37. The van der Waals surface area contributed by atoms with Gasteiger partial charge in [-0.1, -0.05) is 17.3 Å². The first-order chi connectivity index (χ1) is 14.3. The number of halogens is 3. The number of hydrogen-bond acceptors (Lipinski definition) is 7. The normalized spacial score (nSPS) is 15.8. The van der Waals surface area contributed by atoms with Crippen molar-refractivity contribution in [3.63, 3.8) is 0 Å². The van der Waals surface area contributed by atoms with Gasteiger partial charge in [-0.15, -0.1) is 5.10 Å². The molecule has 1 aromatic heterocycles. The third kappa shape index (κ3) is 5.04. The Morgan fingerprint density at radius 3 is 2.53 bits per heavy atom. The molecule has 0 unspecified atom stereocenters. The number of piperazine rings is 1. The summed E-state index contributed by atoms with van der Waals surface area (Å²) in [5, 5.41) is 22.5. The molecule has 0 saturated carbocycles. The van der Waals surface area contributed by atoms with Gasteiger partial charge in [0.25, 0.3) is 0 Å². The predicted molar refractivity (Wildman–Crippen MR) is 100 cm³/mol. The van der Waals surface area contributed by atoms with Crippen molar-refractivity contribution < 1.29 is 27.6 Å². The smallest absolute Gasteiger partial charge is 0.418 e. The molecule has 2 heterocycles. The highest BCUT2D eigenvalue weighted by Crippen LogP contribution is 2.36. The molecule has 1 fully saturated rings. The van der Waals surface area contributed by atoms with E-state index in [1.165, 1.54) is 18.2 Å². The molecule has 1 saturated heterocycles. The lowest BCUT2D eigenvalue weighted by Crippen LogP contribution is -2.47.